The van der Waals surface area contributed by atoms with Crippen molar-refractivity contribution in [2.75, 3.05) is 6.61 Å². The van der Waals surface area contributed by atoms with Crippen LogP contribution in [0.4, 0.5) is 0 Å². The minimum atomic E-state index is -0.171. The summed E-state index contributed by atoms with van der Waals surface area (Å²) in [5, 5.41) is 4.02. The van der Waals surface area contributed by atoms with Gasteiger partial charge < -0.3 is 4.74 Å². The Bertz CT molecular complexity index is 391. The van der Waals surface area contributed by atoms with E-state index in [-0.39, 0.29) is 18.1 Å². The predicted octanol–water partition coefficient (Wildman–Crippen LogP) is 2.70. The summed E-state index contributed by atoms with van der Waals surface area (Å²) in [6.45, 7) is 2.26. The maximum Gasteiger partial charge on any atom is 0.323 e. The van der Waals surface area contributed by atoms with Gasteiger partial charge in [0, 0.05) is 11.1 Å². The molecule has 4 heteroatoms. The number of carbonyl (C=O) groups excluding carboxylic acids is 1. The zero-order chi connectivity index (χ0) is 12.3. The molecule has 2 rings (SSSR count). The highest BCUT2D eigenvalue weighted by molar-refractivity contribution is 6.30. The summed E-state index contributed by atoms with van der Waals surface area (Å²) in [4.78, 5) is 11.6. The molecule has 0 spiro atoms. The Morgan fingerprint density at radius 1 is 1.41 bits per heavy atom. The molecule has 1 unspecified atom stereocenters. The third kappa shape index (κ3) is 2.99. The standard InChI is InChI=1S/C13H16ClNO2/c1-2-17-13(16)12-8-7-11(15-12)9-3-5-10(14)6-4-9/h3-6,11-12,15H,2,7-8H2,1H3/t11-,12?/m0/s1. The molecule has 1 N–H and O–H groups in total. The average Bonchev–Trinajstić information content (AvgIpc) is 2.80. The molecule has 1 aliphatic rings. The molecule has 92 valence electrons. The van der Waals surface area contributed by atoms with Gasteiger partial charge >= 0.3 is 5.97 Å². The summed E-state index contributed by atoms with van der Waals surface area (Å²) in [5.74, 6) is -0.149. The summed E-state index contributed by atoms with van der Waals surface area (Å²) in [5.41, 5.74) is 1.17. The molecule has 1 heterocycles. The van der Waals surface area contributed by atoms with E-state index in [9.17, 15) is 4.79 Å². The summed E-state index contributed by atoms with van der Waals surface area (Å²) in [6, 6.07) is 7.78. The number of carbonyl (C=O) groups is 1. The van der Waals surface area contributed by atoms with E-state index in [1.54, 1.807) is 0 Å². The fourth-order valence-electron chi connectivity index (χ4n) is 2.13. The Morgan fingerprint density at radius 2 is 2.12 bits per heavy atom. The molecule has 1 saturated heterocycles. The van der Waals surface area contributed by atoms with Crippen molar-refractivity contribution in [2.45, 2.75) is 31.8 Å². The van der Waals surface area contributed by atoms with Crippen LogP contribution in [0.1, 0.15) is 31.4 Å². The second-order valence-corrected chi connectivity index (χ2v) is 4.59. The van der Waals surface area contributed by atoms with Gasteiger partial charge in [0.15, 0.2) is 0 Å². The molecule has 3 nitrogen and oxygen atoms in total. The number of hydrogen-bond donors (Lipinski definition) is 1. The molecule has 0 radical (unpaired) electrons. The molecule has 0 amide bonds. The van der Waals surface area contributed by atoms with E-state index in [4.69, 9.17) is 16.3 Å². The predicted molar refractivity (Wildman–Crippen MR) is 67.0 cm³/mol. The van der Waals surface area contributed by atoms with E-state index in [2.05, 4.69) is 5.32 Å². The van der Waals surface area contributed by atoms with Gasteiger partial charge in [0.05, 0.1) is 6.61 Å². The molecule has 2 atom stereocenters. The molecule has 0 bridgehead atoms. The van der Waals surface area contributed by atoms with Crippen molar-refractivity contribution in [3.05, 3.63) is 34.9 Å². The van der Waals surface area contributed by atoms with Gasteiger partial charge in [-0.05, 0) is 37.5 Å². The zero-order valence-corrected chi connectivity index (χ0v) is 10.5. The first kappa shape index (κ1) is 12.4. The van der Waals surface area contributed by atoms with Crippen LogP contribution in [0.3, 0.4) is 0 Å². The van der Waals surface area contributed by atoms with Crippen LogP contribution in [0.5, 0.6) is 0 Å². The lowest BCUT2D eigenvalue weighted by molar-refractivity contribution is -0.145. The van der Waals surface area contributed by atoms with Gasteiger partial charge in [-0.25, -0.2) is 0 Å². The van der Waals surface area contributed by atoms with Crippen LogP contribution in [0.15, 0.2) is 24.3 Å². The molecule has 17 heavy (non-hydrogen) atoms. The highest BCUT2D eigenvalue weighted by Gasteiger charge is 2.30. The Morgan fingerprint density at radius 3 is 2.76 bits per heavy atom. The van der Waals surface area contributed by atoms with Crippen LogP contribution in [-0.4, -0.2) is 18.6 Å². The van der Waals surface area contributed by atoms with Crippen molar-refractivity contribution in [2.24, 2.45) is 0 Å². The molecule has 1 fully saturated rings. The van der Waals surface area contributed by atoms with Crippen molar-refractivity contribution in [1.29, 1.82) is 0 Å². The molecular weight excluding hydrogens is 238 g/mol. The third-order valence-corrected chi connectivity index (χ3v) is 3.24. The number of benzene rings is 1. The van der Waals surface area contributed by atoms with Gasteiger partial charge in [-0.1, -0.05) is 23.7 Å². The highest BCUT2D eigenvalue weighted by atomic mass is 35.5. The average molecular weight is 254 g/mol. The lowest BCUT2D eigenvalue weighted by atomic mass is 10.1. The number of hydrogen-bond acceptors (Lipinski definition) is 3. The molecular formula is C13H16ClNO2. The molecule has 0 aliphatic carbocycles. The molecule has 0 aromatic heterocycles. The normalized spacial score (nSPS) is 23.6. The van der Waals surface area contributed by atoms with E-state index in [1.165, 1.54) is 5.56 Å². The van der Waals surface area contributed by atoms with Crippen molar-refractivity contribution < 1.29 is 9.53 Å². The topological polar surface area (TPSA) is 38.3 Å². The first-order valence-corrected chi connectivity index (χ1v) is 6.26. The smallest absolute Gasteiger partial charge is 0.323 e. The third-order valence-electron chi connectivity index (χ3n) is 2.99. The van der Waals surface area contributed by atoms with E-state index < -0.39 is 0 Å². The van der Waals surface area contributed by atoms with Crippen molar-refractivity contribution in [3.8, 4) is 0 Å². The van der Waals surface area contributed by atoms with Crippen molar-refractivity contribution in [3.63, 3.8) is 0 Å². The van der Waals surface area contributed by atoms with E-state index >= 15 is 0 Å². The van der Waals surface area contributed by atoms with Gasteiger partial charge in [-0.15, -0.1) is 0 Å². The van der Waals surface area contributed by atoms with E-state index in [1.807, 2.05) is 31.2 Å². The van der Waals surface area contributed by atoms with E-state index in [0.29, 0.717) is 6.61 Å². The van der Waals surface area contributed by atoms with E-state index in [0.717, 1.165) is 17.9 Å². The maximum absolute atomic E-state index is 11.6. The van der Waals surface area contributed by atoms with Crippen LogP contribution < -0.4 is 5.32 Å². The lowest BCUT2D eigenvalue weighted by Crippen LogP contribution is -2.33. The minimum Gasteiger partial charge on any atom is -0.465 e. The van der Waals surface area contributed by atoms with Crippen LogP contribution in [0.25, 0.3) is 0 Å². The molecule has 1 aromatic rings. The maximum atomic E-state index is 11.6. The molecule has 0 saturated carbocycles. The van der Waals surface area contributed by atoms with Crippen molar-refractivity contribution >= 4 is 17.6 Å². The summed E-state index contributed by atoms with van der Waals surface area (Å²) in [7, 11) is 0. The largest absolute Gasteiger partial charge is 0.465 e. The summed E-state index contributed by atoms with van der Waals surface area (Å²) < 4.78 is 5.01. The lowest BCUT2D eigenvalue weighted by Gasteiger charge is -2.13. The molecule has 1 aromatic carbocycles. The Labute approximate surface area is 106 Å². The Balaban J connectivity index is 1.98. The van der Waals surface area contributed by atoms with Gasteiger partial charge in [0.2, 0.25) is 0 Å². The second kappa shape index (κ2) is 5.52. The van der Waals surface area contributed by atoms with Gasteiger partial charge in [-0.2, -0.15) is 0 Å². The highest BCUT2D eigenvalue weighted by Crippen LogP contribution is 2.27. The summed E-state index contributed by atoms with van der Waals surface area (Å²) in [6.07, 6.45) is 1.78. The zero-order valence-electron chi connectivity index (χ0n) is 9.78. The van der Waals surface area contributed by atoms with Crippen molar-refractivity contribution in [1.82, 2.24) is 5.32 Å². The number of ether oxygens (including phenoxy) is 1. The first-order valence-electron chi connectivity index (χ1n) is 5.89. The van der Waals surface area contributed by atoms with Crippen LogP contribution >= 0.6 is 11.6 Å². The SMILES string of the molecule is CCOC(=O)C1CC[C@@H](c2ccc(Cl)cc2)N1. The number of nitrogens with one attached hydrogen (secondary N) is 1. The van der Waals surface area contributed by atoms with Gasteiger partial charge in [0.25, 0.3) is 0 Å². The first-order chi connectivity index (χ1) is 8.20. The Hall–Kier alpha value is -1.06. The number of rotatable bonds is 3. The quantitative estimate of drug-likeness (QED) is 0.842. The Kier molecular flexibility index (Phi) is 4.02. The van der Waals surface area contributed by atoms with Gasteiger partial charge in [0.1, 0.15) is 6.04 Å². The summed E-state index contributed by atoms with van der Waals surface area (Å²) >= 11 is 5.84. The fourth-order valence-corrected chi connectivity index (χ4v) is 2.26. The minimum absolute atomic E-state index is 0.149. The molecule has 1 aliphatic heterocycles. The van der Waals surface area contributed by atoms with Crippen LogP contribution in [0, 0.1) is 0 Å². The second-order valence-electron chi connectivity index (χ2n) is 4.15. The monoisotopic (exact) mass is 253 g/mol. The van der Waals surface area contributed by atoms with Gasteiger partial charge in [-0.3, -0.25) is 10.1 Å². The fraction of sp³-hybridized carbons (Fsp3) is 0.462. The van der Waals surface area contributed by atoms with Crippen LogP contribution in [-0.2, 0) is 9.53 Å². The number of halogens is 1. The number of esters is 1. The van der Waals surface area contributed by atoms with Crippen LogP contribution in [0.2, 0.25) is 5.02 Å².